The molecule has 6 nitrogen and oxygen atoms in total. The largest absolute Gasteiger partial charge is 0.481 e. The van der Waals surface area contributed by atoms with E-state index in [1.807, 2.05) is 0 Å². The summed E-state index contributed by atoms with van der Waals surface area (Å²) in [6, 6.07) is 8.43. The van der Waals surface area contributed by atoms with E-state index in [1.54, 1.807) is 27.7 Å². The van der Waals surface area contributed by atoms with Crippen LogP contribution in [0.25, 0.3) is 0 Å². The van der Waals surface area contributed by atoms with Crippen molar-refractivity contribution in [1.82, 2.24) is 0 Å². The van der Waals surface area contributed by atoms with Crippen LogP contribution in [0, 0.1) is 22.7 Å². The van der Waals surface area contributed by atoms with Crippen LogP contribution in [-0.4, -0.2) is 44.6 Å². The topological polar surface area (TPSA) is 115 Å². The second-order valence-corrected chi connectivity index (χ2v) is 14.1. The molecule has 0 saturated heterocycles. The van der Waals surface area contributed by atoms with Gasteiger partial charge in [-0.25, -0.2) is 0 Å². The van der Waals surface area contributed by atoms with Crippen molar-refractivity contribution >= 4 is 11.9 Å². The fraction of sp³-hybridized carbons (Fsp3) is 0.765. The molecule has 1 aromatic carbocycles. The minimum atomic E-state index is -0.754. The third-order valence-corrected chi connectivity index (χ3v) is 10.2. The van der Waals surface area contributed by atoms with Gasteiger partial charge in [0.15, 0.2) is 0 Å². The van der Waals surface area contributed by atoms with Gasteiger partial charge >= 0.3 is 11.9 Å². The van der Waals surface area contributed by atoms with Crippen LogP contribution in [-0.2, 0) is 9.59 Å². The maximum atomic E-state index is 11.5. The number of carboxylic acid groups (broad SMARTS) is 2. The average molecular weight is 559 g/mol. The van der Waals surface area contributed by atoms with E-state index < -0.39 is 35.0 Å². The number of carboxylic acids is 2. The number of unbranched alkanes of at least 4 members (excludes halogenated alkanes) is 2. The first kappa shape index (κ1) is 32.6. The van der Waals surface area contributed by atoms with Crippen molar-refractivity contribution in [2.45, 2.75) is 142 Å². The van der Waals surface area contributed by atoms with Crippen molar-refractivity contribution in [2.24, 2.45) is 22.7 Å². The summed E-state index contributed by atoms with van der Waals surface area (Å²) in [7, 11) is 0. The van der Waals surface area contributed by atoms with Crippen molar-refractivity contribution in [3.63, 3.8) is 0 Å². The molecule has 2 saturated carbocycles. The highest BCUT2D eigenvalue weighted by Gasteiger charge is 2.38. The Morgan fingerprint density at radius 2 is 1.05 bits per heavy atom. The molecule has 2 aliphatic carbocycles. The molecule has 0 amide bonds. The van der Waals surface area contributed by atoms with Gasteiger partial charge in [0, 0.05) is 11.8 Å². The minimum absolute atomic E-state index is 0.0660. The summed E-state index contributed by atoms with van der Waals surface area (Å²) in [4.78, 5) is 22.8. The van der Waals surface area contributed by atoms with Crippen LogP contribution < -0.4 is 0 Å². The van der Waals surface area contributed by atoms with Gasteiger partial charge < -0.3 is 20.4 Å². The van der Waals surface area contributed by atoms with Crippen molar-refractivity contribution in [3.05, 3.63) is 35.4 Å². The number of aliphatic hydroxyl groups is 2. The molecule has 6 unspecified atom stereocenters. The van der Waals surface area contributed by atoms with Gasteiger partial charge in [0.2, 0.25) is 0 Å². The van der Waals surface area contributed by atoms with Crippen LogP contribution in [0.5, 0.6) is 0 Å². The summed E-state index contributed by atoms with van der Waals surface area (Å²) in [5, 5.41) is 41.8. The summed E-state index contributed by atoms with van der Waals surface area (Å²) in [6.45, 7) is 7.12. The third-order valence-electron chi connectivity index (χ3n) is 10.2. The van der Waals surface area contributed by atoms with Crippen molar-refractivity contribution < 1.29 is 30.0 Å². The van der Waals surface area contributed by atoms with Gasteiger partial charge in [-0.1, -0.05) is 62.8 Å². The highest BCUT2D eigenvalue weighted by Crippen LogP contribution is 2.45. The predicted molar refractivity (Wildman–Crippen MR) is 158 cm³/mol. The van der Waals surface area contributed by atoms with Crippen LogP contribution in [0.4, 0.5) is 0 Å². The standard InChI is InChI=1S/C34H54O6/c1-33(2,31(37)38)21-9-7-13-23-15-11-19-27(29(23)35)25-17-5-6-18-26(25)28-20-12-16-24(30(28)36)14-8-10-22-34(3,4)32(39)40/h5-6,17-18,23-24,27-30,35-36H,7-16,19-22H2,1-4H3,(H,37,38)(H,39,40). The van der Waals surface area contributed by atoms with E-state index >= 15 is 0 Å². The molecule has 6 heteroatoms. The Morgan fingerprint density at radius 3 is 1.40 bits per heavy atom. The highest BCUT2D eigenvalue weighted by molar-refractivity contribution is 5.73. The molecule has 226 valence electrons. The van der Waals surface area contributed by atoms with Gasteiger partial charge in [-0.15, -0.1) is 0 Å². The molecule has 6 atom stereocenters. The van der Waals surface area contributed by atoms with E-state index in [1.165, 1.54) is 11.1 Å². The number of aliphatic carboxylic acids is 2. The maximum absolute atomic E-state index is 11.5. The summed E-state index contributed by atoms with van der Waals surface area (Å²) in [6.07, 6.45) is 11.9. The van der Waals surface area contributed by atoms with E-state index in [9.17, 15) is 30.0 Å². The smallest absolute Gasteiger partial charge is 0.309 e. The Morgan fingerprint density at radius 1 is 0.675 bits per heavy atom. The van der Waals surface area contributed by atoms with E-state index in [2.05, 4.69) is 24.3 Å². The minimum Gasteiger partial charge on any atom is -0.481 e. The quantitative estimate of drug-likeness (QED) is 0.176. The predicted octanol–water partition coefficient (Wildman–Crippen LogP) is 7.52. The Balaban J connectivity index is 1.62. The van der Waals surface area contributed by atoms with Gasteiger partial charge in [0.25, 0.3) is 0 Å². The van der Waals surface area contributed by atoms with E-state index in [0.29, 0.717) is 12.8 Å². The zero-order chi connectivity index (χ0) is 29.5. The van der Waals surface area contributed by atoms with Crippen LogP contribution in [0.3, 0.4) is 0 Å². The fourth-order valence-corrected chi connectivity index (χ4v) is 7.20. The molecule has 0 aromatic heterocycles. The number of hydrogen-bond acceptors (Lipinski definition) is 4. The first-order valence-corrected chi connectivity index (χ1v) is 15.8. The average Bonchev–Trinajstić information content (AvgIpc) is 2.90. The molecule has 3 rings (SSSR count). The molecular formula is C34H54O6. The van der Waals surface area contributed by atoms with Crippen LogP contribution >= 0.6 is 0 Å². The van der Waals surface area contributed by atoms with Gasteiger partial charge in [-0.05, 0) is 102 Å². The van der Waals surface area contributed by atoms with Crippen LogP contribution in [0.2, 0.25) is 0 Å². The zero-order valence-electron chi connectivity index (χ0n) is 25.3. The molecule has 40 heavy (non-hydrogen) atoms. The van der Waals surface area contributed by atoms with Crippen LogP contribution in [0.1, 0.15) is 141 Å². The van der Waals surface area contributed by atoms with Gasteiger partial charge in [0.1, 0.15) is 0 Å². The van der Waals surface area contributed by atoms with Crippen LogP contribution in [0.15, 0.2) is 24.3 Å². The molecule has 0 heterocycles. The number of hydrogen-bond donors (Lipinski definition) is 4. The second kappa shape index (κ2) is 14.3. The van der Waals surface area contributed by atoms with Crippen molar-refractivity contribution in [3.8, 4) is 0 Å². The van der Waals surface area contributed by atoms with Gasteiger partial charge in [-0.3, -0.25) is 9.59 Å². The Kier molecular flexibility index (Phi) is 11.7. The SMILES string of the molecule is CC(C)(CCCCC1CCCC(c2ccccc2C2CCCC(CCCCC(C)(C)C(=O)O)C2O)C1O)C(=O)O. The number of benzene rings is 1. The highest BCUT2D eigenvalue weighted by atomic mass is 16.4. The van der Waals surface area contributed by atoms with Crippen molar-refractivity contribution in [1.29, 1.82) is 0 Å². The molecule has 2 aliphatic rings. The zero-order valence-corrected chi connectivity index (χ0v) is 25.3. The maximum Gasteiger partial charge on any atom is 0.309 e. The Bertz CT molecular complexity index is 892. The Labute approximate surface area is 241 Å². The fourth-order valence-electron chi connectivity index (χ4n) is 7.20. The first-order chi connectivity index (χ1) is 18.8. The van der Waals surface area contributed by atoms with Gasteiger partial charge in [-0.2, -0.15) is 0 Å². The lowest BCUT2D eigenvalue weighted by Crippen LogP contribution is -2.35. The molecule has 2 fully saturated rings. The summed E-state index contributed by atoms with van der Waals surface area (Å²) in [5.74, 6) is -0.933. The third kappa shape index (κ3) is 8.31. The molecule has 0 bridgehead atoms. The van der Waals surface area contributed by atoms with Gasteiger partial charge in [0.05, 0.1) is 23.0 Å². The monoisotopic (exact) mass is 558 g/mol. The number of carbonyl (C=O) groups is 2. The molecule has 0 radical (unpaired) electrons. The Hall–Kier alpha value is -1.92. The molecule has 4 N–H and O–H groups in total. The molecule has 0 spiro atoms. The molecule has 0 aliphatic heterocycles. The molecular weight excluding hydrogens is 504 g/mol. The number of aliphatic hydroxyl groups excluding tert-OH is 2. The lowest BCUT2D eigenvalue weighted by atomic mass is 9.68. The lowest BCUT2D eigenvalue weighted by Gasteiger charge is -2.40. The van der Waals surface area contributed by atoms with Crippen molar-refractivity contribution in [2.75, 3.05) is 0 Å². The van der Waals surface area contributed by atoms with E-state index in [4.69, 9.17) is 0 Å². The number of rotatable bonds is 14. The summed E-state index contributed by atoms with van der Waals surface area (Å²) in [5.41, 5.74) is 0.972. The summed E-state index contributed by atoms with van der Waals surface area (Å²) >= 11 is 0. The lowest BCUT2D eigenvalue weighted by molar-refractivity contribution is -0.148. The first-order valence-electron chi connectivity index (χ1n) is 15.8. The van der Waals surface area contributed by atoms with E-state index in [-0.39, 0.29) is 23.7 Å². The normalized spacial score (nSPS) is 27.9. The van der Waals surface area contributed by atoms with E-state index in [0.717, 1.165) is 77.0 Å². The molecule has 1 aromatic rings. The summed E-state index contributed by atoms with van der Waals surface area (Å²) < 4.78 is 0. The second-order valence-electron chi connectivity index (χ2n) is 14.1.